The van der Waals surface area contributed by atoms with Crippen LogP contribution in [0.3, 0.4) is 0 Å². The van der Waals surface area contributed by atoms with E-state index in [-0.39, 0.29) is 0 Å². The van der Waals surface area contributed by atoms with Crippen LogP contribution in [0.15, 0.2) is 55.4 Å². The molecule has 0 saturated heterocycles. The number of nitrogens with zero attached hydrogens (tertiary/aromatic N) is 4. The van der Waals surface area contributed by atoms with E-state index < -0.39 is 37.6 Å². The molecule has 140 valence electrons. The van der Waals surface area contributed by atoms with E-state index in [0.717, 1.165) is 0 Å². The zero-order valence-corrected chi connectivity index (χ0v) is 14.0. The van der Waals surface area contributed by atoms with Crippen LogP contribution in [-0.4, -0.2) is 24.9 Å². The number of non-ortho nitro benzene ring substituents is 1. The molecule has 1 aromatic heterocycles. The molecule has 11 nitrogen and oxygen atoms in total. The summed E-state index contributed by atoms with van der Waals surface area (Å²) < 4.78 is 0. The quantitative estimate of drug-likeness (QED) is 0.469. The van der Waals surface area contributed by atoms with Crippen molar-refractivity contribution < 1.29 is 19.9 Å². The number of phenols is 1. The second kappa shape index (κ2) is 9.36. The Morgan fingerprint density at radius 3 is 1.89 bits per heavy atom. The lowest BCUT2D eigenvalue weighted by Crippen LogP contribution is -1.97. The summed E-state index contributed by atoms with van der Waals surface area (Å²) in [6.45, 7) is 5.69. The highest BCUT2D eigenvalue weighted by Gasteiger charge is 2.30. The van der Waals surface area contributed by atoms with Gasteiger partial charge in [-0.25, -0.2) is 0 Å². The number of benzene rings is 1. The summed E-state index contributed by atoms with van der Waals surface area (Å²) in [5.41, 5.74) is -0.597. The van der Waals surface area contributed by atoms with Gasteiger partial charge in [-0.3, -0.25) is 35.3 Å². The largest absolute Gasteiger partial charge is 0.497 e. The molecule has 0 radical (unpaired) electrons. The third-order valence-corrected chi connectivity index (χ3v) is 3.16. The summed E-state index contributed by atoms with van der Waals surface area (Å²) >= 11 is 0. The van der Waals surface area contributed by atoms with Crippen LogP contribution < -0.4 is 0 Å². The number of rotatable bonds is 5. The topological polar surface area (TPSA) is 163 Å². The van der Waals surface area contributed by atoms with E-state index in [2.05, 4.69) is 18.5 Å². The molecule has 0 saturated carbocycles. The van der Waals surface area contributed by atoms with Crippen LogP contribution in [0.5, 0.6) is 5.75 Å². The molecule has 0 aliphatic carbocycles. The molecule has 2 rings (SSSR count). The molecule has 0 atom stereocenters. The predicted molar refractivity (Wildman–Crippen MR) is 96.2 cm³/mol. The minimum absolute atomic E-state index is 0.447. The maximum Gasteiger partial charge on any atom is 0.324 e. The van der Waals surface area contributed by atoms with Crippen LogP contribution in [0.4, 0.5) is 17.1 Å². The average Bonchev–Trinajstić information content (AvgIpc) is 2.62. The van der Waals surface area contributed by atoms with E-state index in [1.54, 1.807) is 18.5 Å². The maximum absolute atomic E-state index is 10.4. The molecule has 0 spiro atoms. The van der Waals surface area contributed by atoms with Crippen molar-refractivity contribution in [2.24, 2.45) is 0 Å². The first-order valence-electron chi connectivity index (χ1n) is 7.19. The highest BCUT2D eigenvalue weighted by Crippen LogP contribution is 2.38. The minimum atomic E-state index is -1.21. The van der Waals surface area contributed by atoms with E-state index in [0.29, 0.717) is 12.1 Å². The van der Waals surface area contributed by atoms with Crippen molar-refractivity contribution in [1.29, 1.82) is 0 Å². The summed E-state index contributed by atoms with van der Waals surface area (Å²) in [6, 6.07) is 4.86. The van der Waals surface area contributed by atoms with E-state index in [9.17, 15) is 30.3 Å². The molecule has 2 aromatic rings. The fourth-order valence-electron chi connectivity index (χ4n) is 1.86. The van der Waals surface area contributed by atoms with Gasteiger partial charge in [0.15, 0.2) is 0 Å². The lowest BCUT2D eigenvalue weighted by molar-refractivity contribution is -0.404. The Hall–Kier alpha value is -4.15. The summed E-state index contributed by atoms with van der Waals surface area (Å²) in [6.07, 6.45) is 7.34. The number of aromatic nitrogens is 1. The summed E-state index contributed by atoms with van der Waals surface area (Å²) in [5.74, 6) is -1.21. The maximum atomic E-state index is 10.4. The number of pyridine rings is 1. The van der Waals surface area contributed by atoms with Crippen LogP contribution in [0.1, 0.15) is 12.5 Å². The fraction of sp³-hybridized carbons (Fsp3) is 0.0625. The third kappa shape index (κ3) is 5.70. The third-order valence-electron chi connectivity index (χ3n) is 3.16. The van der Waals surface area contributed by atoms with Gasteiger partial charge in [0.25, 0.3) is 11.4 Å². The van der Waals surface area contributed by atoms with Crippen molar-refractivity contribution in [2.45, 2.75) is 6.92 Å². The van der Waals surface area contributed by atoms with E-state index >= 15 is 0 Å². The molecule has 0 unspecified atom stereocenters. The first-order valence-corrected chi connectivity index (χ1v) is 7.19. The van der Waals surface area contributed by atoms with Crippen molar-refractivity contribution in [2.75, 3.05) is 0 Å². The second-order valence-electron chi connectivity index (χ2n) is 4.93. The lowest BCUT2D eigenvalue weighted by Gasteiger charge is -1.97. The standard InChI is InChI=1S/C10H11N.C6H3N3O7/c1-3-4-9(2)10-5-7-11-8-6-10;10-6-4(8(13)14)1-3(7(11)12)2-5(6)9(15)16/h3-8H,1H2,2H3;1-2,10H. The molecule has 1 aromatic carbocycles. The number of nitro benzene ring substituents is 3. The number of phenolic OH excluding ortho intramolecular Hbond substituents is 1. The van der Waals surface area contributed by atoms with E-state index in [1.165, 1.54) is 11.1 Å². The van der Waals surface area contributed by atoms with Gasteiger partial charge >= 0.3 is 11.4 Å². The van der Waals surface area contributed by atoms with Crippen LogP contribution >= 0.6 is 0 Å². The molecule has 11 heteroatoms. The minimum Gasteiger partial charge on any atom is -0.497 e. The Bertz CT molecular complexity index is 875. The van der Waals surface area contributed by atoms with Crippen molar-refractivity contribution in [3.8, 4) is 5.75 Å². The molecular formula is C16H14N4O7. The first kappa shape index (κ1) is 20.9. The van der Waals surface area contributed by atoms with Crippen LogP contribution in [0.2, 0.25) is 0 Å². The van der Waals surface area contributed by atoms with Crippen molar-refractivity contribution >= 4 is 22.6 Å². The summed E-state index contributed by atoms with van der Waals surface area (Å²) in [4.78, 5) is 31.7. The van der Waals surface area contributed by atoms with Gasteiger partial charge in [-0.15, -0.1) is 0 Å². The second-order valence-corrected chi connectivity index (χ2v) is 4.93. The Morgan fingerprint density at radius 1 is 1.04 bits per heavy atom. The smallest absolute Gasteiger partial charge is 0.324 e. The van der Waals surface area contributed by atoms with Gasteiger partial charge in [0.05, 0.1) is 26.9 Å². The van der Waals surface area contributed by atoms with Gasteiger partial charge < -0.3 is 5.11 Å². The van der Waals surface area contributed by atoms with Gasteiger partial charge in [0, 0.05) is 12.4 Å². The zero-order valence-electron chi connectivity index (χ0n) is 14.0. The molecule has 27 heavy (non-hydrogen) atoms. The molecule has 0 aliphatic rings. The van der Waals surface area contributed by atoms with Gasteiger partial charge in [-0.05, 0) is 30.2 Å². The SMILES string of the molecule is C=CC=C(C)c1ccncc1.O=[N+]([O-])c1cc([N+](=O)[O-])c(O)c([N+](=O)[O-])c1. The fourth-order valence-corrected chi connectivity index (χ4v) is 1.86. The monoisotopic (exact) mass is 374 g/mol. The number of hydrogen-bond acceptors (Lipinski definition) is 8. The van der Waals surface area contributed by atoms with Gasteiger partial charge in [-0.1, -0.05) is 18.7 Å². The highest BCUT2D eigenvalue weighted by atomic mass is 16.6. The van der Waals surface area contributed by atoms with Crippen molar-refractivity contribution in [3.63, 3.8) is 0 Å². The van der Waals surface area contributed by atoms with E-state index in [4.69, 9.17) is 5.11 Å². The Balaban J connectivity index is 0.000000289. The van der Waals surface area contributed by atoms with Crippen LogP contribution in [0.25, 0.3) is 5.57 Å². The number of nitro groups is 3. The van der Waals surface area contributed by atoms with Crippen molar-refractivity contribution in [3.05, 3.63) is 91.3 Å². The Kier molecular flexibility index (Phi) is 7.25. The Labute approximate surface area is 152 Å². The number of aromatic hydroxyl groups is 1. The summed E-state index contributed by atoms with van der Waals surface area (Å²) in [5, 5.41) is 40.2. The molecule has 0 fully saturated rings. The molecule has 0 aliphatic heterocycles. The average molecular weight is 374 g/mol. The molecule has 1 N–H and O–H groups in total. The normalized spacial score (nSPS) is 10.3. The number of hydrogen-bond donors (Lipinski definition) is 1. The van der Waals surface area contributed by atoms with Gasteiger partial charge in [0.1, 0.15) is 0 Å². The van der Waals surface area contributed by atoms with Gasteiger partial charge in [-0.2, -0.15) is 0 Å². The lowest BCUT2D eigenvalue weighted by atomic mass is 10.1. The predicted octanol–water partition coefficient (Wildman–Crippen LogP) is 3.79. The van der Waals surface area contributed by atoms with Crippen molar-refractivity contribution in [1.82, 2.24) is 4.98 Å². The van der Waals surface area contributed by atoms with Crippen LogP contribution in [0, 0.1) is 30.3 Å². The summed E-state index contributed by atoms with van der Waals surface area (Å²) in [7, 11) is 0. The zero-order chi connectivity index (χ0) is 20.6. The Morgan fingerprint density at radius 2 is 1.52 bits per heavy atom. The molecule has 0 bridgehead atoms. The first-order chi connectivity index (χ1) is 12.7. The molecular weight excluding hydrogens is 360 g/mol. The van der Waals surface area contributed by atoms with Gasteiger partial charge in [0.2, 0.25) is 0 Å². The highest BCUT2D eigenvalue weighted by molar-refractivity contribution is 5.65. The number of allylic oxidation sites excluding steroid dienone is 3. The van der Waals surface area contributed by atoms with Crippen LogP contribution in [-0.2, 0) is 0 Å². The molecule has 1 heterocycles. The van der Waals surface area contributed by atoms with E-state index in [1.807, 2.05) is 18.2 Å². The molecule has 0 amide bonds.